The maximum absolute atomic E-state index is 12.9. The first-order valence-electron chi connectivity index (χ1n) is 11.5. The van der Waals surface area contributed by atoms with Crippen molar-refractivity contribution in [1.82, 2.24) is 15.1 Å². The molecule has 0 atom stereocenters. The number of imide groups is 1. The first-order chi connectivity index (χ1) is 15.8. The van der Waals surface area contributed by atoms with Crippen LogP contribution in [-0.4, -0.2) is 66.0 Å². The lowest BCUT2D eigenvalue weighted by atomic mass is 9.75. The molecule has 0 aromatic heterocycles. The van der Waals surface area contributed by atoms with Crippen LogP contribution in [0.25, 0.3) is 0 Å². The summed E-state index contributed by atoms with van der Waals surface area (Å²) in [6.45, 7) is 3.99. The van der Waals surface area contributed by atoms with Crippen molar-refractivity contribution in [2.45, 2.75) is 58.0 Å². The summed E-state index contributed by atoms with van der Waals surface area (Å²) in [5.41, 5.74) is -0.000357. The molecule has 1 heterocycles. The summed E-state index contributed by atoms with van der Waals surface area (Å²) in [5, 5.41) is 2.79. The zero-order valence-corrected chi connectivity index (χ0v) is 19.6. The van der Waals surface area contributed by atoms with E-state index in [2.05, 4.69) is 12.2 Å². The van der Waals surface area contributed by atoms with Crippen molar-refractivity contribution in [1.29, 1.82) is 0 Å². The highest BCUT2D eigenvalue weighted by molar-refractivity contribution is 6.08. The fraction of sp³-hybridized carbons (Fsp3) is 0.583. The summed E-state index contributed by atoms with van der Waals surface area (Å²) in [5.74, 6) is -0.239. The van der Waals surface area contributed by atoms with E-state index in [0.717, 1.165) is 35.5 Å². The molecule has 0 bridgehead atoms. The van der Waals surface area contributed by atoms with E-state index in [9.17, 15) is 19.2 Å². The van der Waals surface area contributed by atoms with Crippen LogP contribution in [0.1, 0.15) is 51.5 Å². The summed E-state index contributed by atoms with van der Waals surface area (Å²) >= 11 is 0. The lowest BCUT2D eigenvalue weighted by molar-refractivity contribution is -0.153. The highest BCUT2D eigenvalue weighted by Gasteiger charge is 2.52. The molecule has 180 valence electrons. The number of nitrogens with one attached hydrogen (secondary N) is 1. The molecule has 0 unspecified atom stereocenters. The SMILES string of the molecule is CCOc1ccc(CN(C)C(=O)COC(=O)CN2C(=O)NC3(CCC(CC)CC3)C2=O)cc1. The largest absolute Gasteiger partial charge is 0.494 e. The van der Waals surface area contributed by atoms with Crippen LogP contribution in [0.4, 0.5) is 4.79 Å². The van der Waals surface area contributed by atoms with E-state index in [-0.39, 0.29) is 11.8 Å². The molecule has 1 aromatic rings. The van der Waals surface area contributed by atoms with Gasteiger partial charge in [-0.05, 0) is 56.2 Å². The third-order valence-corrected chi connectivity index (χ3v) is 6.51. The molecular weight excluding hydrogens is 426 g/mol. The van der Waals surface area contributed by atoms with Crippen LogP contribution in [0.15, 0.2) is 24.3 Å². The van der Waals surface area contributed by atoms with E-state index in [1.807, 2.05) is 31.2 Å². The summed E-state index contributed by atoms with van der Waals surface area (Å²) in [4.78, 5) is 52.2. The second kappa shape index (κ2) is 10.7. The maximum atomic E-state index is 12.9. The van der Waals surface area contributed by atoms with Crippen molar-refractivity contribution in [2.24, 2.45) is 5.92 Å². The predicted octanol–water partition coefficient (Wildman–Crippen LogP) is 2.48. The van der Waals surface area contributed by atoms with Crippen LogP contribution < -0.4 is 10.1 Å². The molecular formula is C24H33N3O6. The van der Waals surface area contributed by atoms with E-state index < -0.39 is 30.7 Å². The van der Waals surface area contributed by atoms with E-state index in [4.69, 9.17) is 9.47 Å². The molecule has 2 fully saturated rings. The lowest BCUT2D eigenvalue weighted by Gasteiger charge is -2.34. The number of amides is 4. The second-order valence-corrected chi connectivity index (χ2v) is 8.74. The van der Waals surface area contributed by atoms with Gasteiger partial charge in [0.25, 0.3) is 11.8 Å². The minimum Gasteiger partial charge on any atom is -0.494 e. The molecule has 2 aliphatic rings. The van der Waals surface area contributed by atoms with Crippen molar-refractivity contribution in [3.8, 4) is 5.75 Å². The average molecular weight is 460 g/mol. The number of hydrogen-bond acceptors (Lipinski definition) is 6. The number of carbonyl (C=O) groups excluding carboxylic acids is 4. The zero-order valence-electron chi connectivity index (χ0n) is 19.6. The van der Waals surface area contributed by atoms with Crippen LogP contribution in [-0.2, 0) is 25.7 Å². The number of likely N-dealkylation sites (N-methyl/N-ethyl adjacent to an activating group) is 1. The third kappa shape index (κ3) is 5.83. The molecule has 4 amide bonds. The first kappa shape index (κ1) is 24.5. The molecule has 1 aliphatic carbocycles. The van der Waals surface area contributed by atoms with Gasteiger partial charge in [0.1, 0.15) is 17.8 Å². The molecule has 1 saturated carbocycles. The average Bonchev–Trinajstić information content (AvgIpc) is 3.03. The molecule has 1 spiro atoms. The summed E-state index contributed by atoms with van der Waals surface area (Å²) in [7, 11) is 1.61. The molecule has 33 heavy (non-hydrogen) atoms. The molecule has 0 radical (unpaired) electrons. The van der Waals surface area contributed by atoms with Gasteiger partial charge >= 0.3 is 12.0 Å². The van der Waals surface area contributed by atoms with E-state index >= 15 is 0 Å². The highest BCUT2D eigenvalue weighted by Crippen LogP contribution is 2.37. The van der Waals surface area contributed by atoms with Gasteiger partial charge < -0.3 is 19.7 Å². The number of urea groups is 1. The molecule has 1 aliphatic heterocycles. The van der Waals surface area contributed by atoms with Gasteiger partial charge in [0.15, 0.2) is 6.61 Å². The van der Waals surface area contributed by atoms with Crippen molar-refractivity contribution < 1.29 is 28.7 Å². The molecule has 3 rings (SSSR count). The van der Waals surface area contributed by atoms with Crippen molar-refractivity contribution >= 4 is 23.8 Å². The van der Waals surface area contributed by atoms with Crippen LogP contribution in [0.3, 0.4) is 0 Å². The second-order valence-electron chi connectivity index (χ2n) is 8.74. The minimum absolute atomic E-state index is 0.344. The number of carbonyl (C=O) groups is 4. The Labute approximate surface area is 194 Å². The Morgan fingerprint density at radius 3 is 2.42 bits per heavy atom. The number of hydrogen-bond donors (Lipinski definition) is 1. The Balaban J connectivity index is 1.46. The quantitative estimate of drug-likeness (QED) is 0.449. The fourth-order valence-electron chi connectivity index (χ4n) is 4.38. The van der Waals surface area contributed by atoms with Gasteiger partial charge in [0.05, 0.1) is 6.61 Å². The van der Waals surface area contributed by atoms with Gasteiger partial charge in [0.2, 0.25) is 0 Å². The first-order valence-corrected chi connectivity index (χ1v) is 11.5. The summed E-state index contributed by atoms with van der Waals surface area (Å²) in [6.07, 6.45) is 3.95. The normalized spacial score (nSPS) is 22.3. The maximum Gasteiger partial charge on any atom is 0.326 e. The van der Waals surface area contributed by atoms with Gasteiger partial charge in [0, 0.05) is 13.6 Å². The number of nitrogens with zero attached hydrogens (tertiary/aromatic N) is 2. The highest BCUT2D eigenvalue weighted by atomic mass is 16.5. The monoisotopic (exact) mass is 459 g/mol. The summed E-state index contributed by atoms with van der Waals surface area (Å²) < 4.78 is 10.5. The predicted molar refractivity (Wildman–Crippen MR) is 120 cm³/mol. The molecule has 9 nitrogen and oxygen atoms in total. The van der Waals surface area contributed by atoms with E-state index in [1.54, 1.807) is 7.05 Å². The Morgan fingerprint density at radius 1 is 1.15 bits per heavy atom. The Bertz CT molecular complexity index is 877. The van der Waals surface area contributed by atoms with Gasteiger partial charge in [-0.25, -0.2) is 4.79 Å². The molecule has 1 aromatic carbocycles. The number of benzene rings is 1. The van der Waals surface area contributed by atoms with Gasteiger partial charge in [-0.2, -0.15) is 0 Å². The van der Waals surface area contributed by atoms with Gasteiger partial charge in [-0.3, -0.25) is 19.3 Å². The smallest absolute Gasteiger partial charge is 0.326 e. The zero-order chi connectivity index (χ0) is 24.0. The van der Waals surface area contributed by atoms with Crippen LogP contribution >= 0.6 is 0 Å². The Hall–Kier alpha value is -3.10. The fourth-order valence-corrected chi connectivity index (χ4v) is 4.38. The van der Waals surface area contributed by atoms with Gasteiger partial charge in [-0.15, -0.1) is 0 Å². The van der Waals surface area contributed by atoms with Crippen molar-refractivity contribution in [3.05, 3.63) is 29.8 Å². The van der Waals surface area contributed by atoms with Crippen LogP contribution in [0.5, 0.6) is 5.75 Å². The molecule has 1 saturated heterocycles. The number of rotatable bonds is 9. The van der Waals surface area contributed by atoms with E-state index in [1.165, 1.54) is 4.90 Å². The van der Waals surface area contributed by atoms with Crippen molar-refractivity contribution in [2.75, 3.05) is 26.8 Å². The third-order valence-electron chi connectivity index (χ3n) is 6.51. The van der Waals surface area contributed by atoms with Crippen LogP contribution in [0.2, 0.25) is 0 Å². The van der Waals surface area contributed by atoms with Crippen LogP contribution in [0, 0.1) is 5.92 Å². The molecule has 1 N–H and O–H groups in total. The van der Waals surface area contributed by atoms with Crippen molar-refractivity contribution in [3.63, 3.8) is 0 Å². The number of esters is 1. The Morgan fingerprint density at radius 2 is 1.82 bits per heavy atom. The van der Waals surface area contributed by atoms with Gasteiger partial charge in [-0.1, -0.05) is 25.5 Å². The minimum atomic E-state index is -0.906. The van der Waals surface area contributed by atoms with E-state index in [0.29, 0.717) is 31.9 Å². The summed E-state index contributed by atoms with van der Waals surface area (Å²) in [6, 6.07) is 6.81. The topological polar surface area (TPSA) is 105 Å². The standard InChI is InChI=1S/C24H33N3O6/c1-4-17-10-12-24(13-11-17)22(30)27(23(31)25-24)15-21(29)33-16-20(28)26(3)14-18-6-8-19(9-7-18)32-5-2/h6-9,17H,4-5,10-16H2,1-3H3,(H,25,31). The molecule has 9 heteroatoms. The Kier molecular flexibility index (Phi) is 7.94. The lowest BCUT2D eigenvalue weighted by Crippen LogP contribution is -2.49. The number of ether oxygens (including phenoxy) is 2.